The molecule has 41 heavy (non-hydrogen) atoms. The average molecular weight is 553 g/mol. The van der Waals surface area contributed by atoms with Crippen LogP contribution in [0, 0.1) is 6.92 Å². The summed E-state index contributed by atoms with van der Waals surface area (Å²) in [5.41, 5.74) is 2.94. The van der Waals surface area contributed by atoms with Crippen LogP contribution in [-0.2, 0) is 13.0 Å². The zero-order chi connectivity index (χ0) is 28.8. The summed E-state index contributed by atoms with van der Waals surface area (Å²) in [6.07, 6.45) is 1.61. The number of fused-ring (bicyclic) bond motifs is 3. The standard InChI is InChI=1S/C31H28FN5O4/c1-18(2)41-26-6-4-5-23-28(26)31(40)35(29(23)38)13-11-27-34-24-15-19(3)7-10-22(24)30(39)37(27)21-9-8-20-17-33-36(14-12-32)25(20)16-21/h4-10,15-18H,11-14H2,1-3H3/i32-1. The Balaban J connectivity index is 1.42. The van der Waals surface area contributed by atoms with Gasteiger partial charge in [0.1, 0.15) is 18.2 Å². The first-order valence-electron chi connectivity index (χ1n) is 13.5. The van der Waals surface area contributed by atoms with E-state index in [1.54, 1.807) is 47.3 Å². The molecule has 3 heterocycles. The van der Waals surface area contributed by atoms with Crippen molar-refractivity contribution in [3.8, 4) is 11.4 Å². The molecule has 2 aromatic heterocycles. The van der Waals surface area contributed by atoms with Crippen molar-refractivity contribution in [2.45, 2.75) is 39.8 Å². The maximum Gasteiger partial charge on any atom is 0.265 e. The first kappa shape index (κ1) is 26.4. The fraction of sp³-hybridized carbons (Fsp3) is 0.258. The molecule has 0 saturated heterocycles. The molecule has 0 fully saturated rings. The minimum Gasteiger partial charge on any atom is -0.490 e. The third kappa shape index (κ3) is 4.55. The molecule has 9 nitrogen and oxygen atoms in total. The molecular formula is C31H28FN5O4. The topological polar surface area (TPSA) is 99.3 Å². The van der Waals surface area contributed by atoms with Crippen LogP contribution in [-0.4, -0.2) is 55.4 Å². The maximum absolute atomic E-state index is 13.9. The molecule has 0 N–H and O–H groups in total. The van der Waals surface area contributed by atoms with Gasteiger partial charge in [-0.2, -0.15) is 5.10 Å². The monoisotopic (exact) mass is 552 g/mol. The number of nitrogens with zero attached hydrogens (tertiary/aromatic N) is 5. The number of aryl methyl sites for hydroxylation is 2. The quantitative estimate of drug-likeness (QED) is 0.260. The number of ether oxygens (including phenoxy) is 1. The molecule has 208 valence electrons. The van der Waals surface area contributed by atoms with Gasteiger partial charge in [-0.15, -0.1) is 0 Å². The Morgan fingerprint density at radius 3 is 2.59 bits per heavy atom. The van der Waals surface area contributed by atoms with Crippen molar-refractivity contribution in [1.82, 2.24) is 24.2 Å². The van der Waals surface area contributed by atoms with Crippen molar-refractivity contribution in [1.29, 1.82) is 0 Å². The van der Waals surface area contributed by atoms with Gasteiger partial charge >= 0.3 is 0 Å². The van der Waals surface area contributed by atoms with Crippen LogP contribution in [0.2, 0.25) is 0 Å². The summed E-state index contributed by atoms with van der Waals surface area (Å²) in [5, 5.41) is 5.51. The molecule has 0 radical (unpaired) electrons. The summed E-state index contributed by atoms with van der Waals surface area (Å²) in [7, 11) is 0. The average Bonchev–Trinajstić information content (AvgIpc) is 3.45. The minimum absolute atomic E-state index is 0.0132. The van der Waals surface area contributed by atoms with Gasteiger partial charge in [-0.25, -0.2) is 9.37 Å². The lowest BCUT2D eigenvalue weighted by Gasteiger charge is -2.18. The molecule has 0 unspecified atom stereocenters. The Labute approximate surface area is 234 Å². The zero-order valence-electron chi connectivity index (χ0n) is 22.9. The predicted octanol–water partition coefficient (Wildman–Crippen LogP) is 4.64. The van der Waals surface area contributed by atoms with E-state index in [2.05, 4.69) is 5.10 Å². The van der Waals surface area contributed by atoms with Gasteiger partial charge in [-0.1, -0.05) is 12.1 Å². The molecule has 0 atom stereocenters. The van der Waals surface area contributed by atoms with Crippen molar-refractivity contribution in [3.63, 3.8) is 0 Å². The Kier molecular flexibility index (Phi) is 6.61. The highest BCUT2D eigenvalue weighted by molar-refractivity contribution is 6.22. The number of imide groups is 1. The fourth-order valence-electron chi connectivity index (χ4n) is 5.30. The second-order valence-electron chi connectivity index (χ2n) is 10.3. The summed E-state index contributed by atoms with van der Waals surface area (Å²) in [5.74, 6) is -0.100. The maximum atomic E-state index is 13.9. The highest BCUT2D eigenvalue weighted by Crippen LogP contribution is 2.32. The number of alkyl halides is 1. The van der Waals surface area contributed by atoms with Gasteiger partial charge in [-0.05, 0) is 68.8 Å². The number of carbonyl (C=O) groups is 2. The lowest BCUT2D eigenvalue weighted by molar-refractivity contribution is 0.0654. The summed E-state index contributed by atoms with van der Waals surface area (Å²) in [6, 6.07) is 15.8. The number of rotatable bonds is 8. The van der Waals surface area contributed by atoms with Gasteiger partial charge in [0.25, 0.3) is 17.4 Å². The zero-order valence-corrected chi connectivity index (χ0v) is 22.9. The number of halogens is 1. The molecular weight excluding hydrogens is 524 g/mol. The van der Waals surface area contributed by atoms with Crippen molar-refractivity contribution in [2.24, 2.45) is 0 Å². The van der Waals surface area contributed by atoms with Crippen LogP contribution in [0.1, 0.15) is 46.0 Å². The van der Waals surface area contributed by atoms with E-state index in [4.69, 9.17) is 9.72 Å². The van der Waals surface area contributed by atoms with Gasteiger partial charge in [0.05, 0.1) is 52.1 Å². The molecule has 6 rings (SSSR count). The van der Waals surface area contributed by atoms with E-state index in [9.17, 15) is 18.8 Å². The molecule has 3 aromatic carbocycles. The van der Waals surface area contributed by atoms with Gasteiger partial charge in [-0.3, -0.25) is 28.5 Å². The van der Waals surface area contributed by atoms with E-state index in [0.29, 0.717) is 39.2 Å². The second kappa shape index (κ2) is 10.3. The number of amides is 2. The fourth-order valence-corrected chi connectivity index (χ4v) is 5.30. The second-order valence-corrected chi connectivity index (χ2v) is 10.3. The Morgan fingerprint density at radius 1 is 0.976 bits per heavy atom. The molecule has 0 saturated carbocycles. The smallest absolute Gasteiger partial charge is 0.265 e. The van der Waals surface area contributed by atoms with Crippen LogP contribution in [0.25, 0.3) is 27.5 Å². The third-order valence-electron chi connectivity index (χ3n) is 7.16. The predicted molar refractivity (Wildman–Crippen MR) is 153 cm³/mol. The molecule has 0 bridgehead atoms. The van der Waals surface area contributed by atoms with E-state index in [0.717, 1.165) is 10.9 Å². The lowest BCUT2D eigenvalue weighted by Crippen LogP contribution is -2.33. The van der Waals surface area contributed by atoms with Gasteiger partial charge in [0.15, 0.2) is 0 Å². The van der Waals surface area contributed by atoms with Crippen molar-refractivity contribution >= 4 is 33.6 Å². The van der Waals surface area contributed by atoms with Crippen LogP contribution in [0.3, 0.4) is 0 Å². The highest BCUT2D eigenvalue weighted by atomic mass is 18.2. The van der Waals surface area contributed by atoms with Crippen LogP contribution in [0.15, 0.2) is 65.6 Å². The molecule has 5 aromatic rings. The minimum atomic E-state index is -0.576. The number of aromatic nitrogens is 4. The Bertz CT molecular complexity index is 1910. The normalized spacial score (nSPS) is 13.1. The number of carbonyl (C=O) groups excluding carboxylic acids is 2. The first-order valence-corrected chi connectivity index (χ1v) is 13.5. The van der Waals surface area contributed by atoms with Crippen LogP contribution < -0.4 is 10.3 Å². The van der Waals surface area contributed by atoms with E-state index in [1.807, 2.05) is 39.0 Å². The van der Waals surface area contributed by atoms with E-state index < -0.39 is 18.5 Å². The van der Waals surface area contributed by atoms with E-state index >= 15 is 0 Å². The van der Waals surface area contributed by atoms with Crippen LogP contribution >= 0.6 is 0 Å². The number of benzene rings is 3. The summed E-state index contributed by atoms with van der Waals surface area (Å²) in [4.78, 5) is 46.6. The third-order valence-corrected chi connectivity index (χ3v) is 7.16. The van der Waals surface area contributed by atoms with Crippen LogP contribution in [0.5, 0.6) is 5.75 Å². The largest absolute Gasteiger partial charge is 0.490 e. The number of hydrogen-bond donors (Lipinski definition) is 0. The van der Waals surface area contributed by atoms with Crippen molar-refractivity contribution in [2.75, 3.05) is 13.2 Å². The summed E-state index contributed by atoms with van der Waals surface area (Å²) >= 11 is 0. The first-order chi connectivity index (χ1) is 19.8. The van der Waals surface area contributed by atoms with Crippen molar-refractivity contribution < 1.29 is 18.7 Å². The Hall–Kier alpha value is -4.86. The lowest BCUT2D eigenvalue weighted by atomic mass is 10.1. The Morgan fingerprint density at radius 2 is 1.80 bits per heavy atom. The number of hydrogen-bond acceptors (Lipinski definition) is 6. The van der Waals surface area contributed by atoms with Gasteiger partial charge in [0, 0.05) is 18.4 Å². The van der Waals surface area contributed by atoms with Crippen LogP contribution in [0.4, 0.5) is 4.39 Å². The molecule has 2 amide bonds. The molecule has 0 aliphatic carbocycles. The van der Waals surface area contributed by atoms with Crippen molar-refractivity contribution in [3.05, 3.63) is 93.7 Å². The van der Waals surface area contributed by atoms with Gasteiger partial charge < -0.3 is 4.74 Å². The summed E-state index contributed by atoms with van der Waals surface area (Å²) in [6.45, 7) is 5.15. The van der Waals surface area contributed by atoms with Gasteiger partial charge in [0.2, 0.25) is 0 Å². The molecule has 1 aliphatic rings. The molecule has 10 heteroatoms. The SMILES string of the molecule is Cc1ccc2c(=O)n(-c3ccc4cnn(CC[18F])c4c3)c(CCN3C(=O)c4cccc(OC(C)C)c4C3=O)nc2c1. The van der Waals surface area contributed by atoms with E-state index in [1.165, 1.54) is 9.47 Å². The highest BCUT2D eigenvalue weighted by Gasteiger charge is 2.38. The molecule has 1 aliphatic heterocycles. The molecule has 0 spiro atoms. The van der Waals surface area contributed by atoms with E-state index in [-0.39, 0.29) is 36.7 Å². The summed E-state index contributed by atoms with van der Waals surface area (Å²) < 4.78 is 22.0.